The fourth-order valence-corrected chi connectivity index (χ4v) is 7.71. The van der Waals surface area contributed by atoms with Gasteiger partial charge in [0.25, 0.3) is 0 Å². The number of aryl methyl sites for hydroxylation is 1. The number of aromatic hydroxyl groups is 1. The largest absolute Gasteiger partial charge is 0.504 e. The fourth-order valence-electron chi connectivity index (χ4n) is 6.64. The average Bonchev–Trinajstić information content (AvgIpc) is 3.21. The van der Waals surface area contributed by atoms with Crippen molar-refractivity contribution in [2.75, 3.05) is 12.0 Å². The first kappa shape index (κ1) is 27.1. The lowest BCUT2D eigenvalue weighted by Crippen LogP contribution is -2.39. The number of ketones is 2. The number of phenolic OH excluding ortho intramolecular Hbond substituents is 1. The van der Waals surface area contributed by atoms with Crippen molar-refractivity contribution in [1.29, 1.82) is 0 Å². The van der Waals surface area contributed by atoms with Crippen molar-refractivity contribution in [3.63, 3.8) is 0 Å². The molecule has 4 atom stereocenters. The third-order valence-corrected chi connectivity index (χ3v) is 9.95. The van der Waals surface area contributed by atoms with Gasteiger partial charge in [-0.05, 0) is 99.1 Å². The average molecular weight is 714 g/mol. The standard InChI is InChI=1S/C31H25BrINO6/c1-3-14-4-6-16(7-5-14)34-30(38)18-9-8-17-19(26(18)31(34)39)12-20-27(23(35)13-21(32)28(20)36)25(17)15-10-22(33)29(37)24(11-15)40-2/h4-8,10-11,13,18-19,25-26,37H,3,9,12H2,1-2H3/t18-,19+,25-,26-/m0/s1. The van der Waals surface area contributed by atoms with Gasteiger partial charge >= 0.3 is 0 Å². The zero-order valence-corrected chi connectivity index (χ0v) is 25.5. The molecule has 1 heterocycles. The van der Waals surface area contributed by atoms with Crippen molar-refractivity contribution in [3.05, 3.63) is 84.4 Å². The van der Waals surface area contributed by atoms with Crippen LogP contribution in [-0.4, -0.2) is 35.6 Å². The number of anilines is 1. The summed E-state index contributed by atoms with van der Waals surface area (Å²) in [5.41, 5.74) is 3.92. The molecule has 204 valence electrons. The normalized spacial score (nSPS) is 25.9. The van der Waals surface area contributed by atoms with Gasteiger partial charge < -0.3 is 9.84 Å². The van der Waals surface area contributed by atoms with Crippen LogP contribution < -0.4 is 9.64 Å². The first-order valence-corrected chi connectivity index (χ1v) is 15.0. The number of hydrogen-bond acceptors (Lipinski definition) is 6. The molecule has 1 aliphatic heterocycles. The minimum atomic E-state index is -0.652. The summed E-state index contributed by atoms with van der Waals surface area (Å²) in [5.74, 6) is -3.09. The molecule has 1 N–H and O–H groups in total. The van der Waals surface area contributed by atoms with E-state index in [1.807, 2.05) is 47.7 Å². The van der Waals surface area contributed by atoms with E-state index in [1.165, 1.54) is 18.1 Å². The second-order valence-corrected chi connectivity index (χ2v) is 12.5. The second kappa shape index (κ2) is 10.1. The van der Waals surface area contributed by atoms with Crippen LogP contribution in [0.1, 0.15) is 36.8 Å². The number of hydrogen-bond donors (Lipinski definition) is 1. The number of nitrogens with zero attached hydrogens (tertiary/aromatic N) is 1. The minimum absolute atomic E-state index is 0.0129. The Kier molecular flexibility index (Phi) is 6.85. The number of Topliss-reactive ketones (excluding diaryl/α,β-unsaturated/α-hetero) is 1. The number of benzene rings is 2. The summed E-state index contributed by atoms with van der Waals surface area (Å²) in [7, 11) is 1.45. The molecule has 3 aliphatic carbocycles. The Bertz CT molecular complexity index is 1600. The Morgan fingerprint density at radius 1 is 1.07 bits per heavy atom. The molecule has 6 rings (SSSR count). The molecule has 7 nitrogen and oxygen atoms in total. The number of ether oxygens (including phenoxy) is 1. The zero-order chi connectivity index (χ0) is 28.5. The number of phenols is 1. The van der Waals surface area contributed by atoms with Crippen LogP contribution in [0.4, 0.5) is 5.69 Å². The number of carbonyl (C=O) groups is 4. The maximum atomic E-state index is 14.0. The lowest BCUT2D eigenvalue weighted by atomic mass is 9.59. The molecule has 0 spiro atoms. The third kappa shape index (κ3) is 4.03. The maximum Gasteiger partial charge on any atom is 0.238 e. The maximum absolute atomic E-state index is 14.0. The van der Waals surface area contributed by atoms with Crippen LogP contribution in [0.15, 0.2) is 69.8 Å². The van der Waals surface area contributed by atoms with Crippen LogP contribution in [0.25, 0.3) is 0 Å². The molecule has 40 heavy (non-hydrogen) atoms. The first-order valence-electron chi connectivity index (χ1n) is 13.1. The number of rotatable bonds is 4. The minimum Gasteiger partial charge on any atom is -0.504 e. The van der Waals surface area contributed by atoms with E-state index in [0.29, 0.717) is 32.4 Å². The smallest absolute Gasteiger partial charge is 0.238 e. The fraction of sp³-hybridized carbons (Fsp3) is 0.290. The van der Waals surface area contributed by atoms with E-state index >= 15 is 0 Å². The molecular formula is C31H25BrINO6. The molecule has 0 unspecified atom stereocenters. The summed E-state index contributed by atoms with van der Waals surface area (Å²) in [4.78, 5) is 55.8. The second-order valence-electron chi connectivity index (χ2n) is 10.5. The highest BCUT2D eigenvalue weighted by atomic mass is 127. The molecule has 0 aromatic heterocycles. The molecule has 4 aliphatic rings. The molecule has 2 aromatic carbocycles. The molecule has 2 amide bonds. The highest BCUT2D eigenvalue weighted by Crippen LogP contribution is 2.56. The Balaban J connectivity index is 1.49. The van der Waals surface area contributed by atoms with Gasteiger partial charge in [-0.1, -0.05) is 30.7 Å². The van der Waals surface area contributed by atoms with Gasteiger partial charge in [0.15, 0.2) is 23.1 Å². The molecule has 9 heteroatoms. The quantitative estimate of drug-likeness (QED) is 0.194. The first-order chi connectivity index (χ1) is 19.2. The summed E-state index contributed by atoms with van der Waals surface area (Å²) in [6.07, 6.45) is 4.68. The monoisotopic (exact) mass is 713 g/mol. The predicted octanol–water partition coefficient (Wildman–Crippen LogP) is 5.53. The molecular weight excluding hydrogens is 689 g/mol. The van der Waals surface area contributed by atoms with Crippen LogP contribution in [0.3, 0.4) is 0 Å². The van der Waals surface area contributed by atoms with E-state index in [9.17, 15) is 24.3 Å². The predicted molar refractivity (Wildman–Crippen MR) is 160 cm³/mol. The Morgan fingerprint density at radius 3 is 2.48 bits per heavy atom. The van der Waals surface area contributed by atoms with Crippen molar-refractivity contribution in [2.45, 2.75) is 32.1 Å². The van der Waals surface area contributed by atoms with Crippen LogP contribution >= 0.6 is 38.5 Å². The summed E-state index contributed by atoms with van der Waals surface area (Å²) in [6.45, 7) is 2.04. The van der Waals surface area contributed by atoms with E-state index in [1.54, 1.807) is 24.3 Å². The molecule has 0 radical (unpaired) electrons. The lowest BCUT2D eigenvalue weighted by molar-refractivity contribution is -0.123. The number of fused-ring (bicyclic) bond motifs is 3. The van der Waals surface area contributed by atoms with Crippen molar-refractivity contribution in [1.82, 2.24) is 0 Å². The molecule has 0 saturated carbocycles. The van der Waals surface area contributed by atoms with Crippen molar-refractivity contribution in [3.8, 4) is 11.5 Å². The van der Waals surface area contributed by atoms with Gasteiger partial charge in [-0.2, -0.15) is 0 Å². The molecule has 2 aromatic rings. The van der Waals surface area contributed by atoms with E-state index < -0.39 is 23.7 Å². The third-order valence-electron chi connectivity index (χ3n) is 8.54. The van der Waals surface area contributed by atoms with Gasteiger partial charge in [0, 0.05) is 23.1 Å². The molecule has 1 fully saturated rings. The molecule has 0 bridgehead atoms. The van der Waals surface area contributed by atoms with E-state index in [4.69, 9.17) is 4.74 Å². The van der Waals surface area contributed by atoms with Gasteiger partial charge in [0.2, 0.25) is 11.8 Å². The van der Waals surface area contributed by atoms with Gasteiger partial charge in [-0.25, -0.2) is 0 Å². The number of methoxy groups -OCH3 is 1. The number of carbonyl (C=O) groups excluding carboxylic acids is 4. The number of amides is 2. The Hall–Kier alpha value is -3.05. The summed E-state index contributed by atoms with van der Waals surface area (Å²) < 4.78 is 6.12. The van der Waals surface area contributed by atoms with Gasteiger partial charge in [-0.15, -0.1) is 0 Å². The summed E-state index contributed by atoms with van der Waals surface area (Å²) in [5, 5.41) is 10.5. The molecule has 1 saturated heterocycles. The Morgan fingerprint density at radius 2 is 1.80 bits per heavy atom. The Labute approximate surface area is 253 Å². The van der Waals surface area contributed by atoms with Crippen LogP contribution in [0.2, 0.25) is 0 Å². The van der Waals surface area contributed by atoms with Gasteiger partial charge in [0.05, 0.1) is 32.7 Å². The van der Waals surface area contributed by atoms with Gasteiger partial charge in [-0.3, -0.25) is 24.1 Å². The van der Waals surface area contributed by atoms with E-state index in [-0.39, 0.29) is 45.8 Å². The van der Waals surface area contributed by atoms with Crippen LogP contribution in [0, 0.1) is 21.3 Å². The number of imide groups is 1. The SMILES string of the molecule is CCc1ccc(N2C(=O)[C@H]3[C@H](CC=C4[C@H](c5cc(I)c(O)c(OC)c5)C5=C(C[C@H]43)C(=O)C(Br)=CC5=O)C2=O)cc1. The van der Waals surface area contributed by atoms with Crippen LogP contribution in [0.5, 0.6) is 11.5 Å². The van der Waals surface area contributed by atoms with E-state index in [2.05, 4.69) is 15.9 Å². The number of allylic oxidation sites excluding steroid dienone is 6. The highest BCUT2D eigenvalue weighted by Gasteiger charge is 2.56. The lowest BCUT2D eigenvalue weighted by Gasteiger charge is -2.42. The summed E-state index contributed by atoms with van der Waals surface area (Å²) >= 11 is 5.26. The van der Waals surface area contributed by atoms with Crippen LogP contribution in [-0.2, 0) is 25.6 Å². The summed E-state index contributed by atoms with van der Waals surface area (Å²) in [6, 6.07) is 10.9. The zero-order valence-electron chi connectivity index (χ0n) is 21.7. The van der Waals surface area contributed by atoms with Crippen molar-refractivity contribution >= 4 is 67.6 Å². The van der Waals surface area contributed by atoms with E-state index in [0.717, 1.165) is 17.6 Å². The number of halogens is 2. The van der Waals surface area contributed by atoms with Crippen molar-refractivity contribution < 1.29 is 29.0 Å². The van der Waals surface area contributed by atoms with Gasteiger partial charge in [0.1, 0.15) is 0 Å². The van der Waals surface area contributed by atoms with Crippen molar-refractivity contribution in [2.24, 2.45) is 17.8 Å². The topological polar surface area (TPSA) is 101 Å². The highest BCUT2D eigenvalue weighted by molar-refractivity contribution is 14.1.